The quantitative estimate of drug-likeness (QED) is 0.857. The Balaban J connectivity index is 2.19. The third-order valence-electron chi connectivity index (χ3n) is 2.65. The van der Waals surface area contributed by atoms with Gasteiger partial charge < -0.3 is 5.11 Å². The molecule has 21 heavy (non-hydrogen) atoms. The van der Waals surface area contributed by atoms with Crippen LogP contribution in [-0.2, 0) is 0 Å². The van der Waals surface area contributed by atoms with Crippen LogP contribution in [0.5, 0.6) is 0 Å². The molecule has 0 spiro atoms. The maximum atomic E-state index is 12.2. The van der Waals surface area contributed by atoms with Crippen molar-refractivity contribution in [3.8, 4) is 11.8 Å². The second-order valence-corrected chi connectivity index (χ2v) is 5.83. The normalized spacial score (nSPS) is 9.86. The first-order chi connectivity index (χ1) is 10.1. The van der Waals surface area contributed by atoms with Gasteiger partial charge in [-0.3, -0.25) is 10.1 Å². The number of amides is 1. The van der Waals surface area contributed by atoms with Gasteiger partial charge in [0.05, 0.1) is 6.61 Å². The molecule has 2 N–H and O–H groups in total. The fourth-order valence-electron chi connectivity index (χ4n) is 1.79. The van der Waals surface area contributed by atoms with Crippen LogP contribution in [-0.4, -0.2) is 22.6 Å². The van der Waals surface area contributed by atoms with Crippen LogP contribution in [0.15, 0.2) is 24.4 Å². The molecule has 0 atom stereocenters. The summed E-state index contributed by atoms with van der Waals surface area (Å²) in [5, 5.41) is 12.1. The highest BCUT2D eigenvalue weighted by molar-refractivity contribution is 7.15. The van der Waals surface area contributed by atoms with Gasteiger partial charge in [-0.15, -0.1) is 11.3 Å². The molecule has 0 aliphatic rings. The average Bonchev–Trinajstić information content (AvgIpc) is 2.84. The predicted octanol–water partition coefficient (Wildman–Crippen LogP) is 2.75. The topological polar surface area (TPSA) is 62.2 Å². The largest absolute Gasteiger partial charge is 0.395 e. The molecule has 1 heterocycles. The van der Waals surface area contributed by atoms with Crippen LogP contribution in [0.3, 0.4) is 0 Å². The zero-order chi connectivity index (χ0) is 15.2. The molecule has 2 rings (SSSR count). The predicted molar refractivity (Wildman–Crippen MR) is 84.6 cm³/mol. The van der Waals surface area contributed by atoms with Gasteiger partial charge in [0.2, 0.25) is 0 Å². The van der Waals surface area contributed by atoms with Crippen molar-refractivity contribution in [1.29, 1.82) is 0 Å². The SMILES string of the molecule is Cc1cc(C#CCCO)cc(C(=O)Nc2ncc(C)s2)c1. The number of nitrogens with one attached hydrogen (secondary N) is 1. The fraction of sp³-hybridized carbons (Fsp3) is 0.250. The van der Waals surface area contributed by atoms with Crippen LogP contribution >= 0.6 is 11.3 Å². The van der Waals surface area contributed by atoms with Crippen molar-refractivity contribution in [3.05, 3.63) is 46.0 Å². The van der Waals surface area contributed by atoms with E-state index in [1.165, 1.54) is 11.3 Å². The lowest BCUT2D eigenvalue weighted by atomic mass is 10.1. The van der Waals surface area contributed by atoms with Gasteiger partial charge >= 0.3 is 0 Å². The summed E-state index contributed by atoms with van der Waals surface area (Å²) in [6.45, 7) is 3.89. The lowest BCUT2D eigenvalue weighted by Gasteiger charge is -2.04. The van der Waals surface area contributed by atoms with Gasteiger partial charge in [-0.25, -0.2) is 4.98 Å². The number of aliphatic hydroxyl groups excluding tert-OH is 1. The molecule has 1 aromatic heterocycles. The van der Waals surface area contributed by atoms with Crippen LogP contribution in [0.1, 0.15) is 32.8 Å². The van der Waals surface area contributed by atoms with E-state index >= 15 is 0 Å². The number of anilines is 1. The van der Waals surface area contributed by atoms with Crippen LogP contribution in [0.25, 0.3) is 0 Å². The Morgan fingerprint density at radius 3 is 2.86 bits per heavy atom. The molecule has 4 nitrogen and oxygen atoms in total. The second kappa shape index (κ2) is 7.02. The lowest BCUT2D eigenvalue weighted by Crippen LogP contribution is -2.12. The second-order valence-electron chi connectivity index (χ2n) is 4.59. The minimum Gasteiger partial charge on any atom is -0.395 e. The Bertz CT molecular complexity index is 711. The molecule has 1 amide bonds. The van der Waals surface area contributed by atoms with Gasteiger partial charge in [0.15, 0.2) is 5.13 Å². The first-order valence-corrected chi connectivity index (χ1v) is 7.35. The minimum atomic E-state index is -0.196. The fourth-order valence-corrected chi connectivity index (χ4v) is 2.45. The highest BCUT2D eigenvalue weighted by Crippen LogP contribution is 2.18. The summed E-state index contributed by atoms with van der Waals surface area (Å²) in [4.78, 5) is 17.4. The Hall–Kier alpha value is -2.16. The number of aromatic nitrogens is 1. The first kappa shape index (κ1) is 15.2. The summed E-state index contributed by atoms with van der Waals surface area (Å²) in [5.74, 6) is 5.61. The maximum absolute atomic E-state index is 12.2. The van der Waals surface area contributed by atoms with E-state index in [4.69, 9.17) is 5.11 Å². The molecule has 0 bridgehead atoms. The summed E-state index contributed by atoms with van der Waals surface area (Å²) in [6, 6.07) is 5.47. The van der Waals surface area contributed by atoms with Crippen molar-refractivity contribution in [3.63, 3.8) is 0 Å². The van der Waals surface area contributed by atoms with Crippen LogP contribution in [0.4, 0.5) is 5.13 Å². The third-order valence-corrected chi connectivity index (χ3v) is 3.48. The number of nitrogens with zero attached hydrogens (tertiary/aromatic N) is 1. The number of hydrogen-bond donors (Lipinski definition) is 2. The van der Waals surface area contributed by atoms with Crippen LogP contribution in [0, 0.1) is 25.7 Å². The number of rotatable bonds is 3. The number of carbonyl (C=O) groups excluding carboxylic acids is 1. The van der Waals surface area contributed by atoms with Gasteiger partial charge in [-0.05, 0) is 37.6 Å². The molecule has 0 radical (unpaired) electrons. The summed E-state index contributed by atoms with van der Waals surface area (Å²) >= 11 is 1.44. The molecule has 5 heteroatoms. The molecule has 0 aliphatic heterocycles. The van der Waals surface area contributed by atoms with Crippen molar-refractivity contribution in [2.75, 3.05) is 11.9 Å². The maximum Gasteiger partial charge on any atom is 0.257 e. The summed E-state index contributed by atoms with van der Waals surface area (Å²) in [6.07, 6.45) is 2.15. The number of benzene rings is 1. The van der Waals surface area contributed by atoms with E-state index in [0.717, 1.165) is 16.0 Å². The van der Waals surface area contributed by atoms with E-state index < -0.39 is 0 Å². The van der Waals surface area contributed by atoms with Crippen LogP contribution in [0.2, 0.25) is 0 Å². The van der Waals surface area contributed by atoms with Gasteiger partial charge in [-0.2, -0.15) is 0 Å². The van der Waals surface area contributed by atoms with E-state index in [-0.39, 0.29) is 12.5 Å². The highest BCUT2D eigenvalue weighted by Gasteiger charge is 2.09. The van der Waals surface area contributed by atoms with Crippen LogP contribution < -0.4 is 5.32 Å². The van der Waals surface area contributed by atoms with Gasteiger partial charge in [-0.1, -0.05) is 11.8 Å². The number of aryl methyl sites for hydroxylation is 2. The zero-order valence-corrected chi connectivity index (χ0v) is 12.8. The van der Waals surface area contributed by atoms with Gasteiger partial charge in [0, 0.05) is 28.6 Å². The van der Waals surface area contributed by atoms with Crippen molar-refractivity contribution in [2.45, 2.75) is 20.3 Å². The summed E-state index contributed by atoms with van der Waals surface area (Å²) in [7, 11) is 0. The molecule has 1 aromatic carbocycles. The van der Waals surface area contributed by atoms with Crippen molar-refractivity contribution in [1.82, 2.24) is 4.98 Å². The third kappa shape index (κ3) is 4.42. The van der Waals surface area contributed by atoms with E-state index in [0.29, 0.717) is 17.1 Å². The van der Waals surface area contributed by atoms with Crippen molar-refractivity contribution in [2.24, 2.45) is 0 Å². The van der Waals surface area contributed by atoms with E-state index in [9.17, 15) is 4.79 Å². The van der Waals surface area contributed by atoms with Gasteiger partial charge in [0.1, 0.15) is 0 Å². The molecule has 0 aliphatic carbocycles. The Labute approximate surface area is 127 Å². The van der Waals surface area contributed by atoms with E-state index in [2.05, 4.69) is 22.1 Å². The number of hydrogen-bond acceptors (Lipinski definition) is 4. The summed E-state index contributed by atoms with van der Waals surface area (Å²) < 4.78 is 0. The molecule has 108 valence electrons. The molecule has 0 saturated carbocycles. The highest BCUT2D eigenvalue weighted by atomic mass is 32.1. The first-order valence-electron chi connectivity index (χ1n) is 6.53. The Morgan fingerprint density at radius 2 is 2.19 bits per heavy atom. The molecule has 0 unspecified atom stereocenters. The van der Waals surface area contributed by atoms with E-state index in [1.807, 2.05) is 26.0 Å². The molecule has 0 fully saturated rings. The number of carbonyl (C=O) groups is 1. The Kier molecular flexibility index (Phi) is 5.09. The smallest absolute Gasteiger partial charge is 0.257 e. The molecular weight excluding hydrogens is 284 g/mol. The molecule has 0 saturated heterocycles. The number of thiazole rings is 1. The standard InChI is InChI=1S/C16H16N2O2S/c1-11-7-13(5-3-4-6-19)9-14(8-11)15(20)18-16-17-10-12(2)21-16/h7-10,19H,4,6H2,1-2H3,(H,17,18,20). The Morgan fingerprint density at radius 1 is 1.38 bits per heavy atom. The summed E-state index contributed by atoms with van der Waals surface area (Å²) in [5.41, 5.74) is 2.28. The van der Waals surface area contributed by atoms with Crippen molar-refractivity contribution < 1.29 is 9.90 Å². The number of aliphatic hydroxyl groups is 1. The zero-order valence-electron chi connectivity index (χ0n) is 11.9. The minimum absolute atomic E-state index is 0.0373. The lowest BCUT2D eigenvalue weighted by molar-refractivity contribution is 0.102. The average molecular weight is 300 g/mol. The van der Waals surface area contributed by atoms with Crippen molar-refractivity contribution >= 4 is 22.4 Å². The molecular formula is C16H16N2O2S. The monoisotopic (exact) mass is 300 g/mol. The van der Waals surface area contributed by atoms with E-state index in [1.54, 1.807) is 12.3 Å². The van der Waals surface area contributed by atoms with Gasteiger partial charge in [0.25, 0.3) is 5.91 Å². The molecule has 2 aromatic rings.